The molecule has 1 heterocycles. The maximum atomic E-state index is 12.3. The van der Waals surface area contributed by atoms with Crippen molar-refractivity contribution in [1.29, 1.82) is 0 Å². The van der Waals surface area contributed by atoms with Crippen LogP contribution in [0.1, 0.15) is 27.2 Å². The second kappa shape index (κ2) is 6.28. The van der Waals surface area contributed by atoms with Crippen LogP contribution in [0.4, 0.5) is 0 Å². The lowest BCUT2D eigenvalue weighted by Gasteiger charge is -2.30. The fourth-order valence-corrected chi connectivity index (χ4v) is 5.18. The van der Waals surface area contributed by atoms with Gasteiger partial charge in [0, 0.05) is 12.6 Å². The topological polar surface area (TPSA) is 66.4 Å². The van der Waals surface area contributed by atoms with Gasteiger partial charge in [0.05, 0.1) is 4.34 Å². The first-order valence-corrected chi connectivity index (χ1v) is 8.71. The zero-order valence-electron chi connectivity index (χ0n) is 10.9. The van der Waals surface area contributed by atoms with Gasteiger partial charge in [-0.2, -0.15) is 0 Å². The van der Waals surface area contributed by atoms with Gasteiger partial charge in [-0.1, -0.05) is 44.0 Å². The largest absolute Gasteiger partial charge is 0.396 e. The Hall–Kier alpha value is 0.150. The van der Waals surface area contributed by atoms with Gasteiger partial charge >= 0.3 is 0 Å². The Kier molecular flexibility index (Phi) is 5.69. The second-order valence-corrected chi connectivity index (χ2v) is 9.21. The summed E-state index contributed by atoms with van der Waals surface area (Å²) >= 11 is 12.6. The van der Waals surface area contributed by atoms with Crippen LogP contribution in [0, 0.1) is 5.41 Å². The van der Waals surface area contributed by atoms with Crippen LogP contribution in [0.3, 0.4) is 0 Å². The van der Waals surface area contributed by atoms with Crippen molar-refractivity contribution >= 4 is 44.6 Å². The lowest BCUT2D eigenvalue weighted by atomic mass is 9.86. The van der Waals surface area contributed by atoms with E-state index in [2.05, 4.69) is 4.72 Å². The van der Waals surface area contributed by atoms with Crippen molar-refractivity contribution in [2.75, 3.05) is 6.61 Å². The van der Waals surface area contributed by atoms with Gasteiger partial charge in [0.25, 0.3) is 0 Å². The van der Waals surface area contributed by atoms with E-state index in [0.29, 0.717) is 10.8 Å². The molecular weight excluding hydrogens is 329 g/mol. The highest BCUT2D eigenvalue weighted by Gasteiger charge is 2.31. The van der Waals surface area contributed by atoms with Crippen molar-refractivity contribution < 1.29 is 13.5 Å². The van der Waals surface area contributed by atoms with E-state index in [0.717, 1.165) is 11.3 Å². The van der Waals surface area contributed by atoms with Crippen molar-refractivity contribution in [3.05, 3.63) is 14.7 Å². The van der Waals surface area contributed by atoms with Crippen LogP contribution in [0.15, 0.2) is 11.0 Å². The minimum Gasteiger partial charge on any atom is -0.396 e. The molecule has 0 aromatic carbocycles. The van der Waals surface area contributed by atoms with E-state index in [1.807, 2.05) is 20.8 Å². The van der Waals surface area contributed by atoms with Crippen LogP contribution in [0.2, 0.25) is 8.67 Å². The van der Waals surface area contributed by atoms with Gasteiger partial charge in [-0.25, -0.2) is 13.1 Å². The van der Waals surface area contributed by atoms with Gasteiger partial charge in [0.2, 0.25) is 10.0 Å². The quantitative estimate of drug-likeness (QED) is 0.861. The first-order valence-electron chi connectivity index (χ1n) is 5.66. The Labute approximate surface area is 127 Å². The molecule has 0 aliphatic carbocycles. The molecule has 8 heteroatoms. The third-order valence-electron chi connectivity index (χ3n) is 2.68. The molecule has 1 rings (SSSR count). The predicted molar refractivity (Wildman–Crippen MR) is 79.6 cm³/mol. The Morgan fingerprint density at radius 3 is 2.37 bits per heavy atom. The van der Waals surface area contributed by atoms with Crippen LogP contribution >= 0.6 is 34.5 Å². The van der Waals surface area contributed by atoms with E-state index in [9.17, 15) is 8.42 Å². The molecule has 1 unspecified atom stereocenters. The van der Waals surface area contributed by atoms with Gasteiger partial charge in [0.1, 0.15) is 9.23 Å². The molecule has 0 saturated heterocycles. The normalized spacial score (nSPS) is 14.6. The average Bonchev–Trinajstić information content (AvgIpc) is 2.56. The number of halogens is 2. The third-order valence-corrected chi connectivity index (χ3v) is 5.90. The molecule has 0 spiro atoms. The molecule has 2 N–H and O–H groups in total. The Morgan fingerprint density at radius 2 is 2.00 bits per heavy atom. The van der Waals surface area contributed by atoms with Gasteiger partial charge < -0.3 is 5.11 Å². The first kappa shape index (κ1) is 17.2. The van der Waals surface area contributed by atoms with E-state index >= 15 is 0 Å². The van der Waals surface area contributed by atoms with Crippen LogP contribution < -0.4 is 4.72 Å². The van der Waals surface area contributed by atoms with Gasteiger partial charge in [0.15, 0.2) is 0 Å². The van der Waals surface area contributed by atoms with Crippen molar-refractivity contribution in [3.63, 3.8) is 0 Å². The van der Waals surface area contributed by atoms with Gasteiger partial charge in [-0.3, -0.25) is 0 Å². The summed E-state index contributed by atoms with van der Waals surface area (Å²) in [6.07, 6.45) is 0.332. The molecule has 1 atom stereocenters. The SMILES string of the molecule is CC(C)(C)C(CCO)NS(=O)(=O)c1cc(Cl)sc1Cl. The summed E-state index contributed by atoms with van der Waals surface area (Å²) in [5, 5.41) is 9.05. The average molecular weight is 346 g/mol. The standard InChI is InChI=1S/C11H17Cl2NO3S2/c1-11(2,3)8(4-5-15)14-19(16,17)7-6-9(12)18-10(7)13/h6,8,14-15H,4-5H2,1-3H3. The Bertz CT molecular complexity index is 535. The Balaban J connectivity index is 3.04. The molecule has 0 saturated carbocycles. The summed E-state index contributed by atoms with van der Waals surface area (Å²) in [5.74, 6) is 0. The van der Waals surface area contributed by atoms with Crippen LogP contribution in [-0.2, 0) is 10.0 Å². The Morgan fingerprint density at radius 1 is 1.42 bits per heavy atom. The summed E-state index contributed by atoms with van der Waals surface area (Å²) in [6, 6.07) is 0.937. The van der Waals surface area contributed by atoms with Crippen molar-refractivity contribution in [3.8, 4) is 0 Å². The summed E-state index contributed by atoms with van der Waals surface area (Å²) in [4.78, 5) is -0.0173. The molecule has 1 aromatic rings. The molecule has 19 heavy (non-hydrogen) atoms. The molecule has 110 valence electrons. The molecular formula is C11H17Cl2NO3S2. The highest BCUT2D eigenvalue weighted by atomic mass is 35.5. The fourth-order valence-electron chi connectivity index (χ4n) is 1.56. The van der Waals surface area contributed by atoms with Crippen molar-refractivity contribution in [2.45, 2.75) is 38.1 Å². The highest BCUT2D eigenvalue weighted by molar-refractivity contribution is 7.89. The number of sulfonamides is 1. The molecule has 1 aromatic heterocycles. The molecule has 0 fully saturated rings. The minimum absolute atomic E-state index is 0.0173. The molecule has 4 nitrogen and oxygen atoms in total. The number of thiophene rings is 1. The third kappa shape index (κ3) is 4.58. The maximum absolute atomic E-state index is 12.3. The van der Waals surface area contributed by atoms with Crippen molar-refractivity contribution in [1.82, 2.24) is 4.72 Å². The summed E-state index contributed by atoms with van der Waals surface area (Å²) in [7, 11) is -3.74. The molecule has 0 aliphatic rings. The lowest BCUT2D eigenvalue weighted by Crippen LogP contribution is -2.44. The van der Waals surface area contributed by atoms with E-state index in [1.165, 1.54) is 6.07 Å². The van der Waals surface area contributed by atoms with E-state index < -0.39 is 16.1 Å². The minimum atomic E-state index is -3.74. The van der Waals surface area contributed by atoms with Crippen LogP contribution in [0.5, 0.6) is 0 Å². The number of nitrogens with one attached hydrogen (secondary N) is 1. The van der Waals surface area contributed by atoms with Gasteiger partial charge in [-0.15, -0.1) is 11.3 Å². The first-order chi connectivity index (χ1) is 8.58. The zero-order chi connectivity index (χ0) is 14.8. The van der Waals surface area contributed by atoms with Crippen LogP contribution in [-0.4, -0.2) is 26.2 Å². The monoisotopic (exact) mass is 345 g/mol. The number of hydrogen-bond donors (Lipinski definition) is 2. The predicted octanol–water partition coefficient (Wildman–Crippen LogP) is 3.13. The summed E-state index contributed by atoms with van der Waals surface area (Å²) in [6.45, 7) is 5.61. The van der Waals surface area contributed by atoms with E-state index in [4.69, 9.17) is 28.3 Å². The molecule has 0 aliphatic heterocycles. The maximum Gasteiger partial charge on any atom is 0.243 e. The fraction of sp³-hybridized carbons (Fsp3) is 0.636. The lowest BCUT2D eigenvalue weighted by molar-refractivity contribution is 0.214. The number of hydrogen-bond acceptors (Lipinski definition) is 4. The summed E-state index contributed by atoms with van der Waals surface area (Å²) in [5.41, 5.74) is -0.317. The van der Waals surface area contributed by atoms with Crippen LogP contribution in [0.25, 0.3) is 0 Å². The smallest absolute Gasteiger partial charge is 0.243 e. The number of aliphatic hydroxyl groups is 1. The molecule has 0 bridgehead atoms. The van der Waals surface area contributed by atoms with E-state index in [-0.39, 0.29) is 21.3 Å². The molecule has 0 radical (unpaired) electrons. The summed E-state index contributed by atoms with van der Waals surface area (Å²) < 4.78 is 27.6. The molecule has 0 amide bonds. The zero-order valence-corrected chi connectivity index (χ0v) is 14.0. The highest BCUT2D eigenvalue weighted by Crippen LogP contribution is 2.35. The second-order valence-electron chi connectivity index (χ2n) is 5.24. The number of aliphatic hydroxyl groups excluding tert-OH is 1. The van der Waals surface area contributed by atoms with Gasteiger partial charge in [-0.05, 0) is 17.9 Å². The van der Waals surface area contributed by atoms with E-state index in [1.54, 1.807) is 0 Å². The number of rotatable bonds is 5. The van der Waals surface area contributed by atoms with Crippen molar-refractivity contribution in [2.24, 2.45) is 5.41 Å².